The number of para-hydroxylation sites is 1. The molecule has 0 aliphatic heterocycles. The smallest absolute Gasteiger partial charge is 0.257 e. The van der Waals surface area contributed by atoms with Crippen molar-refractivity contribution in [3.8, 4) is 11.5 Å². The number of methoxy groups -OCH3 is 1. The van der Waals surface area contributed by atoms with Gasteiger partial charge in [-0.1, -0.05) is 30.3 Å². The number of carbonyl (C=O) groups is 1. The largest absolute Gasteiger partial charge is 0.496 e. The molecule has 2 rings (SSSR count). The molecular formula is C18H21NO3. The summed E-state index contributed by atoms with van der Waals surface area (Å²) in [6.07, 6.45) is 0.780. The van der Waals surface area contributed by atoms with Crippen LogP contribution in [0.1, 0.15) is 11.1 Å². The second kappa shape index (κ2) is 8.08. The zero-order chi connectivity index (χ0) is 15.8. The van der Waals surface area contributed by atoms with Crippen LogP contribution in [-0.4, -0.2) is 26.2 Å². The minimum Gasteiger partial charge on any atom is -0.496 e. The highest BCUT2D eigenvalue weighted by molar-refractivity contribution is 5.77. The first-order chi connectivity index (χ1) is 10.7. The van der Waals surface area contributed by atoms with Crippen molar-refractivity contribution in [2.75, 3.05) is 20.3 Å². The van der Waals surface area contributed by atoms with Crippen LogP contribution in [0.25, 0.3) is 0 Å². The van der Waals surface area contributed by atoms with Crippen LogP contribution in [-0.2, 0) is 11.2 Å². The fourth-order valence-corrected chi connectivity index (χ4v) is 2.16. The monoisotopic (exact) mass is 299 g/mol. The van der Waals surface area contributed by atoms with Gasteiger partial charge in [0.15, 0.2) is 6.61 Å². The van der Waals surface area contributed by atoms with E-state index in [2.05, 4.69) is 11.4 Å². The van der Waals surface area contributed by atoms with Crippen LogP contribution in [0.4, 0.5) is 0 Å². The fraction of sp³-hybridized carbons (Fsp3) is 0.278. The van der Waals surface area contributed by atoms with E-state index in [0.29, 0.717) is 12.3 Å². The summed E-state index contributed by atoms with van der Waals surface area (Å²) in [5, 5.41) is 2.85. The average Bonchev–Trinajstić information content (AvgIpc) is 2.54. The number of hydrogen-bond acceptors (Lipinski definition) is 3. The molecule has 0 unspecified atom stereocenters. The van der Waals surface area contributed by atoms with Gasteiger partial charge < -0.3 is 14.8 Å². The Bertz CT molecular complexity index is 611. The molecule has 0 radical (unpaired) electrons. The van der Waals surface area contributed by atoms with E-state index in [-0.39, 0.29) is 12.5 Å². The third-order valence-corrected chi connectivity index (χ3v) is 3.31. The summed E-state index contributed by atoms with van der Waals surface area (Å²) < 4.78 is 10.6. The quantitative estimate of drug-likeness (QED) is 0.855. The Morgan fingerprint density at radius 3 is 2.59 bits per heavy atom. The number of benzene rings is 2. The predicted octanol–water partition coefficient (Wildman–Crippen LogP) is 2.74. The van der Waals surface area contributed by atoms with Gasteiger partial charge in [0.05, 0.1) is 7.11 Å². The van der Waals surface area contributed by atoms with E-state index in [1.54, 1.807) is 7.11 Å². The molecule has 1 amide bonds. The molecule has 4 heteroatoms. The molecule has 0 bridgehead atoms. The van der Waals surface area contributed by atoms with Crippen molar-refractivity contribution in [1.29, 1.82) is 0 Å². The van der Waals surface area contributed by atoms with Crippen molar-refractivity contribution in [3.63, 3.8) is 0 Å². The summed E-state index contributed by atoms with van der Waals surface area (Å²) in [4.78, 5) is 11.7. The molecule has 0 saturated heterocycles. The molecule has 0 spiro atoms. The first-order valence-electron chi connectivity index (χ1n) is 7.27. The highest BCUT2D eigenvalue weighted by atomic mass is 16.5. The van der Waals surface area contributed by atoms with Crippen LogP contribution in [0.5, 0.6) is 11.5 Å². The molecule has 2 aromatic rings. The van der Waals surface area contributed by atoms with E-state index in [0.717, 1.165) is 17.7 Å². The SMILES string of the molecule is COc1ccc(CCNC(=O)COc2ccccc2)cc1C. The van der Waals surface area contributed by atoms with E-state index >= 15 is 0 Å². The molecule has 0 fully saturated rings. The van der Waals surface area contributed by atoms with Crippen LogP contribution in [0.15, 0.2) is 48.5 Å². The predicted molar refractivity (Wildman–Crippen MR) is 86.4 cm³/mol. The van der Waals surface area contributed by atoms with Gasteiger partial charge in [-0.15, -0.1) is 0 Å². The summed E-state index contributed by atoms with van der Waals surface area (Å²) in [6.45, 7) is 2.63. The molecule has 0 aliphatic rings. The Kier molecular flexibility index (Phi) is 5.83. The van der Waals surface area contributed by atoms with Gasteiger partial charge in [-0.2, -0.15) is 0 Å². The van der Waals surface area contributed by atoms with Crippen molar-refractivity contribution in [1.82, 2.24) is 5.32 Å². The first kappa shape index (κ1) is 15.9. The number of aryl methyl sites for hydroxylation is 1. The van der Waals surface area contributed by atoms with E-state index in [1.807, 2.05) is 49.4 Å². The molecule has 22 heavy (non-hydrogen) atoms. The van der Waals surface area contributed by atoms with Crippen molar-refractivity contribution < 1.29 is 14.3 Å². The molecule has 2 aromatic carbocycles. The Morgan fingerprint density at radius 2 is 1.91 bits per heavy atom. The van der Waals surface area contributed by atoms with E-state index in [4.69, 9.17) is 9.47 Å². The van der Waals surface area contributed by atoms with Gasteiger partial charge in [0.25, 0.3) is 5.91 Å². The maximum atomic E-state index is 11.7. The summed E-state index contributed by atoms with van der Waals surface area (Å²) in [5.41, 5.74) is 2.27. The highest BCUT2D eigenvalue weighted by Crippen LogP contribution is 2.18. The Labute approximate surface area is 131 Å². The molecule has 4 nitrogen and oxygen atoms in total. The van der Waals surface area contributed by atoms with Crippen LogP contribution < -0.4 is 14.8 Å². The molecule has 116 valence electrons. The Morgan fingerprint density at radius 1 is 1.14 bits per heavy atom. The molecule has 0 saturated carbocycles. The topological polar surface area (TPSA) is 47.6 Å². The number of ether oxygens (including phenoxy) is 2. The number of rotatable bonds is 7. The lowest BCUT2D eigenvalue weighted by molar-refractivity contribution is -0.123. The van der Waals surface area contributed by atoms with Gasteiger partial charge in [0, 0.05) is 6.54 Å². The lowest BCUT2D eigenvalue weighted by Crippen LogP contribution is -2.30. The van der Waals surface area contributed by atoms with Gasteiger partial charge >= 0.3 is 0 Å². The number of amides is 1. The van der Waals surface area contributed by atoms with Gasteiger partial charge in [0.2, 0.25) is 0 Å². The molecule has 0 atom stereocenters. The van der Waals surface area contributed by atoms with E-state index in [1.165, 1.54) is 5.56 Å². The van der Waals surface area contributed by atoms with Crippen molar-refractivity contribution in [3.05, 3.63) is 59.7 Å². The van der Waals surface area contributed by atoms with Gasteiger partial charge in [-0.3, -0.25) is 4.79 Å². The fourth-order valence-electron chi connectivity index (χ4n) is 2.16. The standard InChI is InChI=1S/C18H21NO3/c1-14-12-15(8-9-17(14)21-2)10-11-19-18(20)13-22-16-6-4-3-5-7-16/h3-9,12H,10-11,13H2,1-2H3,(H,19,20). The number of carbonyl (C=O) groups excluding carboxylic acids is 1. The average molecular weight is 299 g/mol. The minimum atomic E-state index is -0.117. The van der Waals surface area contributed by atoms with E-state index < -0.39 is 0 Å². The van der Waals surface area contributed by atoms with Gasteiger partial charge in [-0.05, 0) is 42.7 Å². The third-order valence-electron chi connectivity index (χ3n) is 3.31. The van der Waals surface area contributed by atoms with Crippen LogP contribution in [0.2, 0.25) is 0 Å². The minimum absolute atomic E-state index is 0.0334. The molecule has 1 N–H and O–H groups in total. The summed E-state index contributed by atoms with van der Waals surface area (Å²) >= 11 is 0. The molecule has 0 aliphatic carbocycles. The lowest BCUT2D eigenvalue weighted by Gasteiger charge is -2.09. The normalized spacial score (nSPS) is 10.1. The summed E-state index contributed by atoms with van der Waals surface area (Å²) in [5.74, 6) is 1.46. The molecular weight excluding hydrogens is 278 g/mol. The van der Waals surface area contributed by atoms with Crippen molar-refractivity contribution in [2.24, 2.45) is 0 Å². The zero-order valence-electron chi connectivity index (χ0n) is 13.0. The first-order valence-corrected chi connectivity index (χ1v) is 7.27. The number of nitrogens with one attached hydrogen (secondary N) is 1. The summed E-state index contributed by atoms with van der Waals surface area (Å²) in [6, 6.07) is 15.3. The number of hydrogen-bond donors (Lipinski definition) is 1. The Balaban J connectivity index is 1.72. The van der Waals surface area contributed by atoms with Crippen LogP contribution >= 0.6 is 0 Å². The summed E-state index contributed by atoms with van der Waals surface area (Å²) in [7, 11) is 1.66. The Hall–Kier alpha value is -2.49. The maximum absolute atomic E-state index is 11.7. The van der Waals surface area contributed by atoms with Gasteiger partial charge in [0.1, 0.15) is 11.5 Å². The van der Waals surface area contributed by atoms with Crippen molar-refractivity contribution in [2.45, 2.75) is 13.3 Å². The zero-order valence-corrected chi connectivity index (χ0v) is 13.0. The maximum Gasteiger partial charge on any atom is 0.257 e. The van der Waals surface area contributed by atoms with Gasteiger partial charge in [-0.25, -0.2) is 0 Å². The van der Waals surface area contributed by atoms with Crippen LogP contribution in [0, 0.1) is 6.92 Å². The second-order valence-electron chi connectivity index (χ2n) is 5.01. The second-order valence-corrected chi connectivity index (χ2v) is 5.01. The highest BCUT2D eigenvalue weighted by Gasteiger charge is 2.03. The van der Waals surface area contributed by atoms with Crippen molar-refractivity contribution >= 4 is 5.91 Å². The van der Waals surface area contributed by atoms with E-state index in [9.17, 15) is 4.79 Å². The van der Waals surface area contributed by atoms with Crippen LogP contribution in [0.3, 0.4) is 0 Å². The third kappa shape index (κ3) is 4.81. The molecule has 0 heterocycles. The molecule has 0 aromatic heterocycles. The lowest BCUT2D eigenvalue weighted by atomic mass is 10.1.